The van der Waals surface area contributed by atoms with Crippen LogP contribution in [0.15, 0.2) is 78.9 Å². The van der Waals surface area contributed by atoms with E-state index >= 15 is 0 Å². The third-order valence-electron chi connectivity index (χ3n) is 4.12. The first-order chi connectivity index (χ1) is 13.3. The van der Waals surface area contributed by atoms with Crippen molar-refractivity contribution in [3.05, 3.63) is 95.6 Å². The van der Waals surface area contributed by atoms with E-state index in [2.05, 4.69) is 0 Å². The van der Waals surface area contributed by atoms with Crippen LogP contribution in [0.1, 0.15) is 21.5 Å². The van der Waals surface area contributed by atoms with Crippen LogP contribution in [-0.4, -0.2) is 19.7 Å². The fourth-order valence-electron chi connectivity index (χ4n) is 2.67. The van der Waals surface area contributed by atoms with Crippen LogP contribution in [-0.2, 0) is 17.8 Å². The van der Waals surface area contributed by atoms with Gasteiger partial charge in [0.15, 0.2) is 0 Å². The first-order valence-corrected chi connectivity index (χ1v) is 8.82. The lowest BCUT2D eigenvalue weighted by atomic mass is 10.1. The molecule has 0 aliphatic rings. The molecule has 3 aromatic carbocycles. The molecule has 0 aliphatic heterocycles. The topological polar surface area (TPSA) is 44.8 Å². The van der Waals surface area contributed by atoms with Crippen LogP contribution in [0, 0.1) is 0 Å². The molecule has 0 N–H and O–H groups in total. The first-order valence-electron chi connectivity index (χ1n) is 8.82. The zero-order chi connectivity index (χ0) is 18.9. The average Bonchev–Trinajstić information content (AvgIpc) is 2.73. The van der Waals surface area contributed by atoms with Crippen molar-refractivity contribution in [1.82, 2.24) is 0 Å². The van der Waals surface area contributed by atoms with Gasteiger partial charge < -0.3 is 14.2 Å². The third-order valence-corrected chi connectivity index (χ3v) is 4.12. The summed E-state index contributed by atoms with van der Waals surface area (Å²) < 4.78 is 16.5. The van der Waals surface area contributed by atoms with Gasteiger partial charge in [-0.3, -0.25) is 0 Å². The quantitative estimate of drug-likeness (QED) is 0.546. The summed E-state index contributed by atoms with van der Waals surface area (Å²) in [6.07, 6.45) is 0.584. The number of benzene rings is 3. The maximum absolute atomic E-state index is 12.2. The number of hydrogen-bond donors (Lipinski definition) is 0. The molecule has 0 aromatic heterocycles. The Balaban J connectivity index is 1.55. The van der Waals surface area contributed by atoms with Crippen LogP contribution in [0.25, 0.3) is 0 Å². The van der Waals surface area contributed by atoms with E-state index in [1.54, 1.807) is 31.4 Å². The van der Waals surface area contributed by atoms with Crippen LogP contribution >= 0.6 is 0 Å². The SMILES string of the molecule is COc1cccc(C(=O)OCCc2ccccc2OCc2ccccc2)c1. The van der Waals surface area contributed by atoms with Crippen LogP contribution in [0.2, 0.25) is 0 Å². The Bertz CT molecular complexity index is 874. The molecule has 0 heterocycles. The summed E-state index contributed by atoms with van der Waals surface area (Å²) >= 11 is 0. The lowest BCUT2D eigenvalue weighted by Crippen LogP contribution is -2.09. The summed E-state index contributed by atoms with van der Waals surface area (Å²) in [6.45, 7) is 0.781. The molecule has 138 valence electrons. The minimum absolute atomic E-state index is 0.280. The molecule has 0 saturated heterocycles. The highest BCUT2D eigenvalue weighted by molar-refractivity contribution is 5.89. The van der Waals surface area contributed by atoms with Gasteiger partial charge in [0.25, 0.3) is 0 Å². The largest absolute Gasteiger partial charge is 0.497 e. The molecular weight excluding hydrogens is 340 g/mol. The summed E-state index contributed by atoms with van der Waals surface area (Å²) in [5.74, 6) is 1.07. The molecule has 0 aliphatic carbocycles. The van der Waals surface area contributed by atoms with E-state index in [0.717, 1.165) is 16.9 Å². The number of esters is 1. The predicted molar refractivity (Wildman–Crippen MR) is 104 cm³/mol. The molecule has 4 nitrogen and oxygen atoms in total. The van der Waals surface area contributed by atoms with E-state index in [1.165, 1.54) is 0 Å². The number of rotatable bonds is 8. The molecule has 0 spiro atoms. The lowest BCUT2D eigenvalue weighted by molar-refractivity contribution is 0.0508. The van der Waals surface area contributed by atoms with Crippen molar-refractivity contribution in [3.63, 3.8) is 0 Å². The number of carbonyl (C=O) groups excluding carboxylic acids is 1. The lowest BCUT2D eigenvalue weighted by Gasteiger charge is -2.12. The minimum Gasteiger partial charge on any atom is -0.497 e. The normalized spacial score (nSPS) is 10.3. The highest BCUT2D eigenvalue weighted by Gasteiger charge is 2.09. The van der Waals surface area contributed by atoms with Gasteiger partial charge in [-0.2, -0.15) is 0 Å². The molecule has 27 heavy (non-hydrogen) atoms. The van der Waals surface area contributed by atoms with Crippen LogP contribution in [0.4, 0.5) is 0 Å². The standard InChI is InChI=1S/C23H22O4/c1-25-21-12-7-11-20(16-21)23(24)26-15-14-19-10-5-6-13-22(19)27-17-18-8-3-2-4-9-18/h2-13,16H,14-15,17H2,1H3. The van der Waals surface area contributed by atoms with Gasteiger partial charge in [0, 0.05) is 6.42 Å². The number of carbonyl (C=O) groups is 1. The van der Waals surface area contributed by atoms with Gasteiger partial charge in [-0.1, -0.05) is 54.6 Å². The number of para-hydroxylation sites is 1. The monoisotopic (exact) mass is 362 g/mol. The van der Waals surface area contributed by atoms with E-state index in [9.17, 15) is 4.79 Å². The fourth-order valence-corrected chi connectivity index (χ4v) is 2.67. The summed E-state index contributed by atoms with van der Waals surface area (Å²) in [7, 11) is 1.57. The Hall–Kier alpha value is -3.27. The minimum atomic E-state index is -0.364. The third kappa shape index (κ3) is 5.35. The molecule has 0 radical (unpaired) electrons. The van der Waals surface area contributed by atoms with Crippen molar-refractivity contribution >= 4 is 5.97 Å². The Morgan fingerprint density at radius 3 is 2.48 bits per heavy atom. The van der Waals surface area contributed by atoms with E-state index in [-0.39, 0.29) is 12.6 Å². The van der Waals surface area contributed by atoms with Crippen molar-refractivity contribution in [2.75, 3.05) is 13.7 Å². The van der Waals surface area contributed by atoms with Gasteiger partial charge in [-0.15, -0.1) is 0 Å². The van der Waals surface area contributed by atoms with Gasteiger partial charge >= 0.3 is 5.97 Å². The van der Waals surface area contributed by atoms with Gasteiger partial charge in [-0.05, 0) is 35.4 Å². The molecular formula is C23H22O4. The van der Waals surface area contributed by atoms with Gasteiger partial charge in [0.2, 0.25) is 0 Å². The molecule has 0 fully saturated rings. The Kier molecular flexibility index (Phi) is 6.47. The molecule has 4 heteroatoms. The summed E-state index contributed by atoms with van der Waals surface area (Å²) in [4.78, 5) is 12.2. The van der Waals surface area contributed by atoms with E-state index < -0.39 is 0 Å². The van der Waals surface area contributed by atoms with Crippen LogP contribution in [0.3, 0.4) is 0 Å². The van der Waals surface area contributed by atoms with Gasteiger partial charge in [0.05, 0.1) is 19.3 Å². The maximum atomic E-state index is 12.2. The molecule has 0 atom stereocenters. The second-order valence-electron chi connectivity index (χ2n) is 6.00. The van der Waals surface area contributed by atoms with Crippen LogP contribution in [0.5, 0.6) is 11.5 Å². The Labute approximate surface area is 159 Å². The zero-order valence-corrected chi connectivity index (χ0v) is 15.3. The maximum Gasteiger partial charge on any atom is 0.338 e. The second-order valence-corrected chi connectivity index (χ2v) is 6.00. The molecule has 3 rings (SSSR count). The highest BCUT2D eigenvalue weighted by atomic mass is 16.5. The smallest absolute Gasteiger partial charge is 0.338 e. The van der Waals surface area contributed by atoms with Crippen molar-refractivity contribution in [2.45, 2.75) is 13.0 Å². The van der Waals surface area contributed by atoms with E-state index in [1.807, 2.05) is 54.6 Å². The van der Waals surface area contributed by atoms with E-state index in [0.29, 0.717) is 24.3 Å². The summed E-state index contributed by atoms with van der Waals surface area (Å²) in [6, 6.07) is 24.7. The highest BCUT2D eigenvalue weighted by Crippen LogP contribution is 2.20. The molecule has 0 saturated carbocycles. The molecule has 0 amide bonds. The zero-order valence-electron chi connectivity index (χ0n) is 15.3. The molecule has 0 unspecified atom stereocenters. The van der Waals surface area contributed by atoms with Crippen molar-refractivity contribution in [2.24, 2.45) is 0 Å². The summed E-state index contributed by atoms with van der Waals surface area (Å²) in [5.41, 5.74) is 2.59. The first kappa shape index (κ1) is 18.5. The van der Waals surface area contributed by atoms with Crippen molar-refractivity contribution in [1.29, 1.82) is 0 Å². The number of methoxy groups -OCH3 is 1. The number of ether oxygens (including phenoxy) is 3. The average molecular weight is 362 g/mol. The predicted octanol–water partition coefficient (Wildman–Crippen LogP) is 4.67. The van der Waals surface area contributed by atoms with E-state index in [4.69, 9.17) is 14.2 Å². The fraction of sp³-hybridized carbons (Fsp3) is 0.174. The van der Waals surface area contributed by atoms with Gasteiger partial charge in [0.1, 0.15) is 18.1 Å². The number of hydrogen-bond acceptors (Lipinski definition) is 4. The summed E-state index contributed by atoms with van der Waals surface area (Å²) in [5, 5.41) is 0. The molecule has 3 aromatic rings. The van der Waals surface area contributed by atoms with Crippen molar-refractivity contribution < 1.29 is 19.0 Å². The second kappa shape index (κ2) is 9.43. The Morgan fingerprint density at radius 1 is 0.889 bits per heavy atom. The van der Waals surface area contributed by atoms with Crippen molar-refractivity contribution in [3.8, 4) is 11.5 Å². The van der Waals surface area contributed by atoms with Crippen LogP contribution < -0.4 is 9.47 Å². The van der Waals surface area contributed by atoms with Gasteiger partial charge in [-0.25, -0.2) is 4.79 Å². The molecule has 0 bridgehead atoms. The Morgan fingerprint density at radius 2 is 1.67 bits per heavy atom.